The lowest BCUT2D eigenvalue weighted by molar-refractivity contribution is -0.185. The zero-order chi connectivity index (χ0) is 19.7. The molecule has 1 aromatic carbocycles. The van der Waals surface area contributed by atoms with Gasteiger partial charge in [-0.3, -0.25) is 9.69 Å². The van der Waals surface area contributed by atoms with Crippen molar-refractivity contribution in [3.8, 4) is 0 Å². The van der Waals surface area contributed by atoms with Crippen molar-refractivity contribution in [2.45, 2.75) is 25.2 Å². The summed E-state index contributed by atoms with van der Waals surface area (Å²) in [5, 5.41) is 2.36. The molecule has 1 unspecified atom stereocenters. The summed E-state index contributed by atoms with van der Waals surface area (Å²) in [5.74, 6) is -1.42. The van der Waals surface area contributed by atoms with Crippen molar-refractivity contribution in [2.75, 3.05) is 11.9 Å². The van der Waals surface area contributed by atoms with Gasteiger partial charge in [0.15, 0.2) is 0 Å². The molecule has 1 aliphatic heterocycles. The van der Waals surface area contributed by atoms with Crippen LogP contribution in [0.25, 0.3) is 0 Å². The number of rotatable bonds is 5. The van der Waals surface area contributed by atoms with Gasteiger partial charge in [-0.1, -0.05) is 48.9 Å². The molecule has 9 heteroatoms. The van der Waals surface area contributed by atoms with Crippen molar-refractivity contribution >= 4 is 29.2 Å². The molecule has 1 atom stereocenters. The highest BCUT2D eigenvalue weighted by atomic mass is 35.5. The molecule has 0 aliphatic carbocycles. The number of hydrogen-bond acceptors (Lipinski definition) is 4. The zero-order valence-corrected chi connectivity index (χ0v) is 15.1. The molecule has 0 saturated carbocycles. The number of aromatic nitrogens is 1. The number of benzene rings is 1. The molecule has 0 saturated heterocycles. The van der Waals surface area contributed by atoms with Gasteiger partial charge >= 0.3 is 11.8 Å². The Hall–Kier alpha value is -2.61. The quantitative estimate of drug-likeness (QED) is 0.827. The van der Waals surface area contributed by atoms with Crippen molar-refractivity contribution in [2.24, 2.45) is 4.99 Å². The van der Waals surface area contributed by atoms with E-state index in [1.165, 1.54) is 18.3 Å². The second-order valence-electron chi connectivity index (χ2n) is 5.95. The van der Waals surface area contributed by atoms with E-state index in [2.05, 4.69) is 15.3 Å². The molecule has 0 fully saturated rings. The highest BCUT2D eigenvalue weighted by Crippen LogP contribution is 2.40. The third-order valence-corrected chi connectivity index (χ3v) is 4.24. The fourth-order valence-corrected chi connectivity index (χ4v) is 2.95. The highest BCUT2D eigenvalue weighted by molar-refractivity contribution is 6.30. The summed E-state index contributed by atoms with van der Waals surface area (Å²) in [6.45, 7) is 1.88. The Kier molecular flexibility index (Phi) is 5.10. The number of pyridine rings is 1. The largest absolute Gasteiger partial charge is 0.442 e. The normalized spacial score (nSPS) is 20.0. The van der Waals surface area contributed by atoms with Gasteiger partial charge in [0.05, 0.1) is 0 Å². The molecule has 1 amide bonds. The second-order valence-corrected chi connectivity index (χ2v) is 6.39. The van der Waals surface area contributed by atoms with Gasteiger partial charge in [0, 0.05) is 23.3 Å². The van der Waals surface area contributed by atoms with Gasteiger partial charge in [-0.05, 0) is 18.6 Å². The van der Waals surface area contributed by atoms with Crippen molar-refractivity contribution in [1.82, 2.24) is 9.88 Å². The Bertz CT molecular complexity index is 872. The Morgan fingerprint density at radius 1 is 1.22 bits per heavy atom. The Balaban J connectivity index is 2.14. The van der Waals surface area contributed by atoms with E-state index >= 15 is 0 Å². The molecule has 1 aromatic heterocycles. The van der Waals surface area contributed by atoms with E-state index in [-0.39, 0.29) is 23.2 Å². The van der Waals surface area contributed by atoms with Crippen molar-refractivity contribution in [3.63, 3.8) is 0 Å². The standard InChI is InChI=1S/C18H16ClF3N4O/c1-2-10-26-15(12-6-4-3-5-7-12)25-17(16(26)27,18(20,21)22)24-14-11-13(19)8-9-23-14/h3-9,11H,2,10H2,1H3,(H,23,24). The zero-order valence-electron chi connectivity index (χ0n) is 14.3. The number of nitrogens with zero attached hydrogens (tertiary/aromatic N) is 3. The predicted octanol–water partition coefficient (Wildman–Crippen LogP) is 4.10. The van der Waals surface area contributed by atoms with E-state index in [1.807, 2.05) is 0 Å². The summed E-state index contributed by atoms with van der Waals surface area (Å²) in [4.78, 5) is 21.6. The number of hydrogen-bond donors (Lipinski definition) is 1. The minimum atomic E-state index is -4.99. The smallest absolute Gasteiger partial charge is 0.331 e. The van der Waals surface area contributed by atoms with Crippen LogP contribution < -0.4 is 5.32 Å². The molecule has 27 heavy (non-hydrogen) atoms. The summed E-state index contributed by atoms with van der Waals surface area (Å²) in [6, 6.07) is 10.9. The minimum Gasteiger partial charge on any atom is -0.331 e. The molecule has 1 N–H and O–H groups in total. The minimum absolute atomic E-state index is 0.0331. The number of aliphatic imine (C=N–C) groups is 1. The fraction of sp³-hybridized carbons (Fsp3) is 0.278. The van der Waals surface area contributed by atoms with Gasteiger partial charge in [0.2, 0.25) is 0 Å². The van der Waals surface area contributed by atoms with E-state index in [9.17, 15) is 18.0 Å². The molecule has 0 spiro atoms. The van der Waals surface area contributed by atoms with Gasteiger partial charge in [-0.2, -0.15) is 13.2 Å². The highest BCUT2D eigenvalue weighted by Gasteiger charge is 2.66. The number of carbonyl (C=O) groups is 1. The molecule has 0 radical (unpaired) electrons. The summed E-state index contributed by atoms with van der Waals surface area (Å²) >= 11 is 5.84. The van der Waals surface area contributed by atoms with Crippen LogP contribution in [0.3, 0.4) is 0 Å². The van der Waals surface area contributed by atoms with Crippen LogP contribution in [0.15, 0.2) is 53.7 Å². The molecule has 1 aliphatic rings. The molecule has 2 heterocycles. The summed E-state index contributed by atoms with van der Waals surface area (Å²) in [6.07, 6.45) is -3.27. The van der Waals surface area contributed by atoms with Crippen LogP contribution in [0.2, 0.25) is 5.02 Å². The van der Waals surface area contributed by atoms with Gasteiger partial charge < -0.3 is 5.32 Å². The molecule has 5 nitrogen and oxygen atoms in total. The number of anilines is 1. The van der Waals surface area contributed by atoms with E-state index < -0.39 is 17.7 Å². The summed E-state index contributed by atoms with van der Waals surface area (Å²) in [7, 11) is 0. The number of nitrogens with one attached hydrogen (secondary N) is 1. The molecular weight excluding hydrogens is 381 g/mol. The summed E-state index contributed by atoms with van der Waals surface area (Å²) in [5.41, 5.74) is -2.74. The first kappa shape index (κ1) is 19.2. The third-order valence-electron chi connectivity index (χ3n) is 4.00. The molecule has 142 valence electrons. The lowest BCUT2D eigenvalue weighted by Gasteiger charge is -2.29. The number of alkyl halides is 3. The van der Waals surface area contributed by atoms with Crippen molar-refractivity contribution in [3.05, 3.63) is 59.2 Å². The van der Waals surface area contributed by atoms with Crippen molar-refractivity contribution in [1.29, 1.82) is 0 Å². The first-order chi connectivity index (χ1) is 12.8. The van der Waals surface area contributed by atoms with Gasteiger partial charge in [0.1, 0.15) is 11.7 Å². The topological polar surface area (TPSA) is 57.6 Å². The maximum absolute atomic E-state index is 14.1. The number of amidine groups is 1. The van der Waals surface area contributed by atoms with Crippen LogP contribution in [-0.4, -0.2) is 40.0 Å². The lowest BCUT2D eigenvalue weighted by Crippen LogP contribution is -2.58. The second kappa shape index (κ2) is 7.19. The third kappa shape index (κ3) is 3.49. The Morgan fingerprint density at radius 2 is 1.93 bits per heavy atom. The number of halogens is 4. The van der Waals surface area contributed by atoms with Crippen LogP contribution in [-0.2, 0) is 4.79 Å². The van der Waals surface area contributed by atoms with Gasteiger partial charge in [-0.25, -0.2) is 9.98 Å². The van der Waals surface area contributed by atoms with Crippen LogP contribution in [0.1, 0.15) is 18.9 Å². The van der Waals surface area contributed by atoms with Crippen LogP contribution in [0, 0.1) is 0 Å². The van der Waals surface area contributed by atoms with E-state index in [4.69, 9.17) is 11.6 Å². The van der Waals surface area contributed by atoms with Gasteiger partial charge in [0.25, 0.3) is 5.91 Å². The molecule has 3 rings (SSSR count). The SMILES string of the molecule is CCCN1C(=O)C(Nc2cc(Cl)ccn2)(C(F)(F)F)N=C1c1ccccc1. The first-order valence-electron chi connectivity index (χ1n) is 8.22. The molecule has 0 bridgehead atoms. The van der Waals surface area contributed by atoms with E-state index in [1.54, 1.807) is 37.3 Å². The molecule has 2 aromatic rings. The van der Waals surface area contributed by atoms with E-state index in [0.717, 1.165) is 4.90 Å². The average molecular weight is 397 g/mol. The van der Waals surface area contributed by atoms with Crippen LogP contribution >= 0.6 is 11.6 Å². The first-order valence-corrected chi connectivity index (χ1v) is 8.60. The molecular formula is C18H16ClF3N4O. The Morgan fingerprint density at radius 3 is 2.52 bits per heavy atom. The number of carbonyl (C=O) groups excluding carboxylic acids is 1. The maximum atomic E-state index is 14.1. The predicted molar refractivity (Wildman–Crippen MR) is 96.6 cm³/mol. The average Bonchev–Trinajstić information content (AvgIpc) is 2.90. The summed E-state index contributed by atoms with van der Waals surface area (Å²) < 4.78 is 42.2. The Labute approximate surface area is 158 Å². The van der Waals surface area contributed by atoms with Crippen LogP contribution in [0.4, 0.5) is 19.0 Å². The number of amides is 1. The van der Waals surface area contributed by atoms with Crippen molar-refractivity contribution < 1.29 is 18.0 Å². The van der Waals surface area contributed by atoms with Crippen LogP contribution in [0.5, 0.6) is 0 Å². The lowest BCUT2D eigenvalue weighted by atomic mass is 10.1. The fourth-order valence-electron chi connectivity index (χ4n) is 2.79. The van der Waals surface area contributed by atoms with E-state index in [0.29, 0.717) is 12.0 Å². The monoisotopic (exact) mass is 396 g/mol. The van der Waals surface area contributed by atoms with Gasteiger partial charge in [-0.15, -0.1) is 0 Å². The maximum Gasteiger partial charge on any atom is 0.442 e.